The Bertz CT molecular complexity index is 765. The lowest BCUT2D eigenvalue weighted by atomic mass is 10.1. The first-order chi connectivity index (χ1) is 8.19. The van der Waals surface area contributed by atoms with Crippen molar-refractivity contribution >= 4 is 31.5 Å². The second-order valence-corrected chi connectivity index (χ2v) is 5.24. The number of fused-ring (bicyclic) bond motifs is 3. The number of rotatable bonds is 1. The summed E-state index contributed by atoms with van der Waals surface area (Å²) in [5.41, 5.74) is 0.957. The molecular formula is C14H12O2S. The Morgan fingerprint density at radius 1 is 1.24 bits per heavy atom. The van der Waals surface area contributed by atoms with Crippen molar-refractivity contribution in [3.63, 3.8) is 0 Å². The van der Waals surface area contributed by atoms with Crippen LogP contribution in [0.15, 0.2) is 33.5 Å². The summed E-state index contributed by atoms with van der Waals surface area (Å²) in [4.78, 5) is 11.5. The first kappa shape index (κ1) is 10.5. The lowest BCUT2D eigenvalue weighted by Crippen LogP contribution is -1.98. The highest BCUT2D eigenvalue weighted by atomic mass is 32.1. The number of aryl methyl sites for hydroxylation is 2. The van der Waals surface area contributed by atoms with E-state index in [1.807, 2.05) is 6.92 Å². The molecule has 0 unspecified atom stereocenters. The number of thiophene rings is 1. The quantitative estimate of drug-likeness (QED) is 0.650. The van der Waals surface area contributed by atoms with Gasteiger partial charge in [0.25, 0.3) is 0 Å². The van der Waals surface area contributed by atoms with Crippen LogP contribution >= 0.6 is 11.3 Å². The minimum atomic E-state index is -0.254. The molecule has 2 heterocycles. The molecule has 0 aliphatic heterocycles. The molecule has 0 aliphatic rings. The third-order valence-corrected chi connectivity index (χ3v) is 4.17. The van der Waals surface area contributed by atoms with E-state index < -0.39 is 0 Å². The summed E-state index contributed by atoms with van der Waals surface area (Å²) in [7, 11) is 0. The maximum absolute atomic E-state index is 11.5. The molecule has 0 saturated heterocycles. The molecule has 0 N–H and O–H groups in total. The summed E-state index contributed by atoms with van der Waals surface area (Å²) in [5, 5.41) is 2.19. The van der Waals surface area contributed by atoms with Crippen LogP contribution in [-0.4, -0.2) is 0 Å². The molecule has 0 saturated carbocycles. The minimum Gasteiger partial charge on any atom is -0.426 e. The van der Waals surface area contributed by atoms with Crippen molar-refractivity contribution in [2.75, 3.05) is 0 Å². The topological polar surface area (TPSA) is 30.2 Å². The number of hydrogen-bond acceptors (Lipinski definition) is 3. The predicted molar refractivity (Wildman–Crippen MR) is 72.0 cm³/mol. The molecule has 0 atom stereocenters. The highest BCUT2D eigenvalue weighted by molar-refractivity contribution is 7.26. The summed E-state index contributed by atoms with van der Waals surface area (Å²) in [6.45, 7) is 4.07. The molecular weight excluding hydrogens is 232 g/mol. The SMILES string of the molecule is CCc1oc(=O)cc2c1sc1ccc(C)cc12. The molecule has 3 heteroatoms. The summed E-state index contributed by atoms with van der Waals surface area (Å²) < 4.78 is 7.57. The van der Waals surface area contributed by atoms with E-state index in [2.05, 4.69) is 25.1 Å². The molecule has 86 valence electrons. The van der Waals surface area contributed by atoms with Crippen molar-refractivity contribution in [3.05, 3.63) is 46.0 Å². The fourth-order valence-electron chi connectivity index (χ4n) is 2.13. The van der Waals surface area contributed by atoms with Crippen molar-refractivity contribution in [1.29, 1.82) is 0 Å². The van der Waals surface area contributed by atoms with E-state index in [1.54, 1.807) is 17.4 Å². The molecule has 1 aromatic carbocycles. The molecule has 2 nitrogen and oxygen atoms in total. The van der Waals surface area contributed by atoms with Crippen LogP contribution in [0, 0.1) is 6.92 Å². The second-order valence-electron chi connectivity index (χ2n) is 4.19. The van der Waals surface area contributed by atoms with Crippen molar-refractivity contribution in [1.82, 2.24) is 0 Å². The van der Waals surface area contributed by atoms with Crippen LogP contribution in [0.4, 0.5) is 0 Å². The van der Waals surface area contributed by atoms with Crippen LogP contribution in [0.5, 0.6) is 0 Å². The van der Waals surface area contributed by atoms with Gasteiger partial charge in [0.05, 0.1) is 4.70 Å². The molecule has 0 radical (unpaired) electrons. The zero-order chi connectivity index (χ0) is 12.0. The average Bonchev–Trinajstić information content (AvgIpc) is 2.66. The lowest BCUT2D eigenvalue weighted by molar-refractivity contribution is 0.474. The van der Waals surface area contributed by atoms with Crippen molar-refractivity contribution in [3.8, 4) is 0 Å². The standard InChI is InChI=1S/C14H12O2S/c1-3-11-14-10(7-13(15)16-11)9-6-8(2)4-5-12(9)17-14/h4-7H,3H2,1-2H3. The Morgan fingerprint density at radius 2 is 2.06 bits per heavy atom. The summed E-state index contributed by atoms with van der Waals surface area (Å²) in [6.07, 6.45) is 0.748. The normalized spacial score (nSPS) is 11.4. The van der Waals surface area contributed by atoms with Gasteiger partial charge in [0.1, 0.15) is 5.76 Å². The van der Waals surface area contributed by atoms with E-state index in [0.29, 0.717) is 0 Å². The van der Waals surface area contributed by atoms with Crippen molar-refractivity contribution in [2.45, 2.75) is 20.3 Å². The lowest BCUT2D eigenvalue weighted by Gasteiger charge is -1.96. The van der Waals surface area contributed by atoms with Gasteiger partial charge in [-0.2, -0.15) is 0 Å². The molecule has 3 rings (SSSR count). The Balaban J connectivity index is 2.56. The molecule has 3 aromatic rings. The fraction of sp³-hybridized carbons (Fsp3) is 0.214. The van der Waals surface area contributed by atoms with Crippen LogP contribution in [0.25, 0.3) is 20.2 Å². The Kier molecular flexibility index (Phi) is 2.30. The zero-order valence-electron chi connectivity index (χ0n) is 9.74. The summed E-state index contributed by atoms with van der Waals surface area (Å²) in [6, 6.07) is 7.94. The Labute approximate surface area is 102 Å². The third-order valence-electron chi connectivity index (χ3n) is 2.94. The molecule has 0 bridgehead atoms. The smallest absolute Gasteiger partial charge is 0.336 e. The van der Waals surface area contributed by atoms with Gasteiger partial charge in [-0.15, -0.1) is 11.3 Å². The number of hydrogen-bond donors (Lipinski definition) is 0. The minimum absolute atomic E-state index is 0.254. The second kappa shape index (κ2) is 3.70. The van der Waals surface area contributed by atoms with Gasteiger partial charge in [0.2, 0.25) is 0 Å². The van der Waals surface area contributed by atoms with Crippen LogP contribution in [0.1, 0.15) is 18.2 Å². The van der Waals surface area contributed by atoms with Gasteiger partial charge >= 0.3 is 5.63 Å². The zero-order valence-corrected chi connectivity index (χ0v) is 10.6. The average molecular weight is 244 g/mol. The Hall–Kier alpha value is -1.61. The van der Waals surface area contributed by atoms with E-state index in [1.165, 1.54) is 10.3 Å². The third kappa shape index (κ3) is 1.58. The van der Waals surface area contributed by atoms with E-state index in [0.717, 1.165) is 27.7 Å². The van der Waals surface area contributed by atoms with Crippen LogP contribution in [0.2, 0.25) is 0 Å². The van der Waals surface area contributed by atoms with E-state index in [9.17, 15) is 4.79 Å². The molecule has 0 amide bonds. The Morgan fingerprint density at radius 3 is 2.82 bits per heavy atom. The largest absolute Gasteiger partial charge is 0.426 e. The van der Waals surface area contributed by atoms with Gasteiger partial charge in [-0.3, -0.25) is 0 Å². The summed E-state index contributed by atoms with van der Waals surface area (Å²) in [5.74, 6) is 0.798. The van der Waals surface area contributed by atoms with Crippen LogP contribution in [-0.2, 0) is 6.42 Å². The maximum atomic E-state index is 11.5. The van der Waals surface area contributed by atoms with E-state index in [4.69, 9.17) is 4.42 Å². The van der Waals surface area contributed by atoms with Crippen LogP contribution < -0.4 is 5.63 Å². The summed E-state index contributed by atoms with van der Waals surface area (Å²) >= 11 is 1.70. The van der Waals surface area contributed by atoms with Gasteiger partial charge in [-0.1, -0.05) is 18.6 Å². The first-order valence-electron chi connectivity index (χ1n) is 5.65. The van der Waals surface area contributed by atoms with Crippen molar-refractivity contribution in [2.24, 2.45) is 0 Å². The number of benzene rings is 1. The van der Waals surface area contributed by atoms with Gasteiger partial charge in [-0.05, 0) is 19.1 Å². The van der Waals surface area contributed by atoms with Gasteiger partial charge in [-0.25, -0.2) is 4.79 Å². The monoisotopic (exact) mass is 244 g/mol. The highest BCUT2D eigenvalue weighted by Gasteiger charge is 2.11. The molecule has 17 heavy (non-hydrogen) atoms. The predicted octanol–water partition coefficient (Wildman–Crippen LogP) is 3.88. The van der Waals surface area contributed by atoms with E-state index in [-0.39, 0.29) is 5.63 Å². The fourth-order valence-corrected chi connectivity index (χ4v) is 3.34. The van der Waals surface area contributed by atoms with Crippen molar-refractivity contribution < 1.29 is 4.42 Å². The molecule has 2 aromatic heterocycles. The maximum Gasteiger partial charge on any atom is 0.336 e. The van der Waals surface area contributed by atoms with Crippen LogP contribution in [0.3, 0.4) is 0 Å². The molecule has 0 fully saturated rings. The van der Waals surface area contributed by atoms with Gasteiger partial charge < -0.3 is 4.42 Å². The van der Waals surface area contributed by atoms with E-state index >= 15 is 0 Å². The van der Waals surface area contributed by atoms with Gasteiger partial charge in [0.15, 0.2) is 0 Å². The highest BCUT2D eigenvalue weighted by Crippen LogP contribution is 2.35. The molecule has 0 spiro atoms. The molecule has 0 aliphatic carbocycles. The van der Waals surface area contributed by atoms with Gasteiger partial charge in [0, 0.05) is 28.0 Å². The first-order valence-corrected chi connectivity index (χ1v) is 6.46.